The summed E-state index contributed by atoms with van der Waals surface area (Å²) in [6.45, 7) is 0.153. The Bertz CT molecular complexity index is 661. The van der Waals surface area contributed by atoms with Crippen molar-refractivity contribution in [2.24, 2.45) is 0 Å². The Balaban J connectivity index is 2.01. The molecule has 21 heavy (non-hydrogen) atoms. The average molecular weight is 296 g/mol. The summed E-state index contributed by atoms with van der Waals surface area (Å²) in [7, 11) is 1.48. The van der Waals surface area contributed by atoms with E-state index in [4.69, 9.17) is 20.9 Å². The lowest BCUT2D eigenvalue weighted by Gasteiger charge is -2.16. The number of aliphatic hydroxyl groups excluding tert-OH is 2. The maximum absolute atomic E-state index is 10.1. The lowest BCUT2D eigenvalue weighted by atomic mass is 10.1. The van der Waals surface area contributed by atoms with Gasteiger partial charge in [-0.3, -0.25) is 4.57 Å². The molecule has 0 saturated carbocycles. The molecule has 2 unspecified atom stereocenters. The van der Waals surface area contributed by atoms with Gasteiger partial charge in [0.25, 0.3) is 0 Å². The third kappa shape index (κ3) is 2.17. The molecule has 0 aliphatic carbocycles. The predicted octanol–water partition coefficient (Wildman–Crippen LogP) is -1.74. The Morgan fingerprint density at radius 2 is 2.10 bits per heavy atom. The highest BCUT2D eigenvalue weighted by atomic mass is 16.6. The van der Waals surface area contributed by atoms with Crippen LogP contribution in [-0.4, -0.2) is 61.8 Å². The van der Waals surface area contributed by atoms with E-state index in [9.17, 15) is 10.2 Å². The van der Waals surface area contributed by atoms with Gasteiger partial charge in [0.1, 0.15) is 23.8 Å². The summed E-state index contributed by atoms with van der Waals surface area (Å²) in [5.74, 6) is 0.126. The molecule has 0 bridgehead atoms. The fraction of sp³-hybridized carbons (Fsp3) is 0.545. The number of nitrogen functional groups attached to an aromatic ring is 2. The zero-order valence-electron chi connectivity index (χ0n) is 11.2. The van der Waals surface area contributed by atoms with Crippen LogP contribution in [0.5, 0.6) is 0 Å². The van der Waals surface area contributed by atoms with Crippen LogP contribution in [0.3, 0.4) is 0 Å². The number of imidazole rings is 1. The maximum atomic E-state index is 10.1. The Hall–Kier alpha value is -2.01. The average Bonchev–Trinajstić information content (AvgIpc) is 2.96. The summed E-state index contributed by atoms with van der Waals surface area (Å²) in [5, 5.41) is 20.1. The quantitative estimate of drug-likeness (QED) is 0.516. The summed E-state index contributed by atoms with van der Waals surface area (Å²) in [4.78, 5) is 12.0. The summed E-state index contributed by atoms with van der Waals surface area (Å²) >= 11 is 0. The van der Waals surface area contributed by atoms with Crippen LogP contribution >= 0.6 is 0 Å². The lowest BCUT2D eigenvalue weighted by molar-refractivity contribution is -0.0580. The number of anilines is 2. The summed E-state index contributed by atoms with van der Waals surface area (Å²) in [6.07, 6.45) is -2.34. The van der Waals surface area contributed by atoms with Gasteiger partial charge in [-0.15, -0.1) is 0 Å². The maximum Gasteiger partial charge on any atom is 0.224 e. The van der Waals surface area contributed by atoms with Gasteiger partial charge in [-0.1, -0.05) is 0 Å². The highest BCUT2D eigenvalue weighted by Gasteiger charge is 2.44. The van der Waals surface area contributed by atoms with Crippen molar-refractivity contribution < 1.29 is 19.7 Å². The zero-order chi connectivity index (χ0) is 15.1. The van der Waals surface area contributed by atoms with Crippen LogP contribution in [-0.2, 0) is 9.47 Å². The molecule has 1 saturated heterocycles. The molecule has 10 heteroatoms. The van der Waals surface area contributed by atoms with Crippen molar-refractivity contribution in [3.8, 4) is 0 Å². The molecule has 0 aromatic carbocycles. The minimum absolute atomic E-state index is 0.0109. The molecule has 6 N–H and O–H groups in total. The monoisotopic (exact) mass is 296 g/mol. The Kier molecular flexibility index (Phi) is 3.37. The van der Waals surface area contributed by atoms with Gasteiger partial charge in [0, 0.05) is 7.11 Å². The highest BCUT2D eigenvalue weighted by Crippen LogP contribution is 2.32. The molecule has 3 rings (SSSR count). The van der Waals surface area contributed by atoms with Gasteiger partial charge in [-0.2, -0.15) is 9.97 Å². The minimum atomic E-state index is -1.15. The van der Waals surface area contributed by atoms with Crippen LogP contribution in [0.25, 0.3) is 11.2 Å². The number of ether oxygens (including phenoxy) is 2. The van der Waals surface area contributed by atoms with Crippen molar-refractivity contribution in [2.75, 3.05) is 25.2 Å². The largest absolute Gasteiger partial charge is 0.387 e. The Labute approximate surface area is 119 Å². The topological polar surface area (TPSA) is 155 Å². The number of aromatic nitrogens is 4. The van der Waals surface area contributed by atoms with E-state index in [1.807, 2.05) is 0 Å². The molecule has 1 aliphatic heterocycles. The third-order valence-corrected chi connectivity index (χ3v) is 3.41. The minimum Gasteiger partial charge on any atom is -0.387 e. The van der Waals surface area contributed by atoms with Crippen molar-refractivity contribution in [3.05, 3.63) is 6.33 Å². The van der Waals surface area contributed by atoms with Crippen LogP contribution in [0.1, 0.15) is 6.23 Å². The SMILES string of the molecule is COC[C@H]1O[C@@H](n2cnc3c(N)nc(N)nc32)C(O)C1O. The Morgan fingerprint density at radius 3 is 2.81 bits per heavy atom. The molecule has 4 atom stereocenters. The number of aliphatic hydroxyl groups is 2. The van der Waals surface area contributed by atoms with E-state index in [-0.39, 0.29) is 18.4 Å². The number of methoxy groups -OCH3 is 1. The van der Waals surface area contributed by atoms with Crippen molar-refractivity contribution in [1.82, 2.24) is 19.5 Å². The summed E-state index contributed by atoms with van der Waals surface area (Å²) in [6, 6.07) is 0. The van der Waals surface area contributed by atoms with E-state index >= 15 is 0 Å². The molecule has 1 fully saturated rings. The number of nitrogens with two attached hydrogens (primary N) is 2. The van der Waals surface area contributed by atoms with E-state index in [0.29, 0.717) is 11.2 Å². The molecule has 0 spiro atoms. The van der Waals surface area contributed by atoms with E-state index in [0.717, 1.165) is 0 Å². The van der Waals surface area contributed by atoms with E-state index < -0.39 is 24.5 Å². The molecule has 1 aliphatic rings. The second-order valence-electron chi connectivity index (χ2n) is 4.79. The van der Waals surface area contributed by atoms with Gasteiger partial charge in [0.15, 0.2) is 17.7 Å². The number of rotatable bonds is 3. The first-order chi connectivity index (χ1) is 10.0. The predicted molar refractivity (Wildman–Crippen MR) is 71.9 cm³/mol. The first kappa shape index (κ1) is 13.9. The molecule has 10 nitrogen and oxygen atoms in total. The lowest BCUT2D eigenvalue weighted by Crippen LogP contribution is -2.33. The molecular formula is C11H16N6O4. The first-order valence-electron chi connectivity index (χ1n) is 6.29. The number of nitrogens with zero attached hydrogens (tertiary/aromatic N) is 4. The number of hydrogen-bond donors (Lipinski definition) is 4. The second-order valence-corrected chi connectivity index (χ2v) is 4.79. The van der Waals surface area contributed by atoms with Crippen LogP contribution < -0.4 is 11.5 Å². The number of hydrogen-bond acceptors (Lipinski definition) is 9. The summed E-state index contributed by atoms with van der Waals surface area (Å²) < 4.78 is 12.0. The van der Waals surface area contributed by atoms with Crippen LogP contribution in [0.4, 0.5) is 11.8 Å². The van der Waals surface area contributed by atoms with Crippen molar-refractivity contribution >= 4 is 22.9 Å². The molecule has 114 valence electrons. The fourth-order valence-corrected chi connectivity index (χ4v) is 2.40. The van der Waals surface area contributed by atoms with Crippen molar-refractivity contribution in [1.29, 1.82) is 0 Å². The van der Waals surface area contributed by atoms with Gasteiger partial charge >= 0.3 is 0 Å². The van der Waals surface area contributed by atoms with Gasteiger partial charge in [-0.05, 0) is 0 Å². The second kappa shape index (κ2) is 5.07. The normalized spacial score (nSPS) is 29.3. The zero-order valence-corrected chi connectivity index (χ0v) is 11.2. The van der Waals surface area contributed by atoms with Crippen LogP contribution in [0, 0.1) is 0 Å². The molecule has 0 radical (unpaired) electrons. The fourth-order valence-electron chi connectivity index (χ4n) is 2.40. The van der Waals surface area contributed by atoms with E-state index in [2.05, 4.69) is 15.0 Å². The summed E-state index contributed by atoms with van der Waals surface area (Å²) in [5.41, 5.74) is 12.0. The van der Waals surface area contributed by atoms with Crippen molar-refractivity contribution in [2.45, 2.75) is 24.5 Å². The molecule has 0 amide bonds. The van der Waals surface area contributed by atoms with Crippen molar-refractivity contribution in [3.63, 3.8) is 0 Å². The standard InChI is InChI=1S/C11H16N6O4/c1-20-2-4-6(18)7(19)10(21-4)17-3-14-5-8(12)15-11(13)16-9(5)17/h3-4,6-7,10,18-19H,2H2,1H3,(H4,12,13,15,16)/t4-,6?,7?,10-/m1/s1. The van der Waals surface area contributed by atoms with E-state index in [1.54, 1.807) is 0 Å². The van der Waals surface area contributed by atoms with Gasteiger partial charge in [-0.25, -0.2) is 4.98 Å². The molecule has 2 aromatic rings. The van der Waals surface area contributed by atoms with Gasteiger partial charge < -0.3 is 31.2 Å². The van der Waals surface area contributed by atoms with Gasteiger partial charge in [0.2, 0.25) is 5.95 Å². The highest BCUT2D eigenvalue weighted by molar-refractivity contribution is 5.82. The van der Waals surface area contributed by atoms with Gasteiger partial charge in [0.05, 0.1) is 12.9 Å². The first-order valence-corrected chi connectivity index (χ1v) is 6.29. The molecule has 2 aromatic heterocycles. The third-order valence-electron chi connectivity index (χ3n) is 3.41. The van der Waals surface area contributed by atoms with E-state index in [1.165, 1.54) is 18.0 Å². The Morgan fingerprint density at radius 1 is 1.33 bits per heavy atom. The molecule has 3 heterocycles. The van der Waals surface area contributed by atoms with Crippen LogP contribution in [0.2, 0.25) is 0 Å². The smallest absolute Gasteiger partial charge is 0.224 e. The van der Waals surface area contributed by atoms with Crippen LogP contribution in [0.15, 0.2) is 6.33 Å². The number of fused-ring (bicyclic) bond motifs is 1. The molecular weight excluding hydrogens is 280 g/mol.